The molecular formula is C37H76Cl2OSi. The average molecular weight is 636 g/mol. The molecule has 0 rings (SSSR count). The van der Waals surface area contributed by atoms with Crippen molar-refractivity contribution >= 4 is 28.9 Å². The summed E-state index contributed by atoms with van der Waals surface area (Å²) in [4.78, 5) is 0. The van der Waals surface area contributed by atoms with Crippen molar-refractivity contribution in [2.24, 2.45) is 0 Å². The lowest BCUT2D eigenvalue weighted by Gasteiger charge is -2.09. The number of rotatable bonds is 36. The van der Waals surface area contributed by atoms with E-state index in [-0.39, 0.29) is 0 Å². The number of aliphatic hydroxyl groups is 1. The maximum Gasteiger partial charge on any atom is 0.248 e. The Morgan fingerprint density at radius 2 is 0.439 bits per heavy atom. The van der Waals surface area contributed by atoms with Gasteiger partial charge in [-0.3, -0.25) is 0 Å². The topological polar surface area (TPSA) is 20.2 Å². The third kappa shape index (κ3) is 40.8. The summed E-state index contributed by atoms with van der Waals surface area (Å²) in [5, 5.41) is 8.79. The van der Waals surface area contributed by atoms with Crippen molar-refractivity contribution in [1.29, 1.82) is 0 Å². The molecule has 0 radical (unpaired) electrons. The van der Waals surface area contributed by atoms with Crippen molar-refractivity contribution in [3.63, 3.8) is 0 Å². The zero-order valence-electron chi connectivity index (χ0n) is 28.2. The van der Waals surface area contributed by atoms with E-state index in [9.17, 15) is 0 Å². The van der Waals surface area contributed by atoms with Crippen LogP contribution in [0, 0.1) is 0 Å². The van der Waals surface area contributed by atoms with Gasteiger partial charge in [0.25, 0.3) is 0 Å². The summed E-state index contributed by atoms with van der Waals surface area (Å²) in [5.41, 5.74) is 0. The largest absolute Gasteiger partial charge is 0.396 e. The maximum atomic E-state index is 8.79. The molecule has 0 saturated carbocycles. The molecule has 0 saturated heterocycles. The van der Waals surface area contributed by atoms with Gasteiger partial charge in [0.15, 0.2) is 0 Å². The Morgan fingerprint density at radius 1 is 0.293 bits per heavy atom. The first-order valence-corrected chi connectivity index (χ1v) is 23.8. The SMILES string of the molecule is C[Si](Cl)(Cl)CCCCCCCCCCCCCCCCCCCCCCCCCCCCCCCCCCCCO. The quantitative estimate of drug-likeness (QED) is 0.0412. The Labute approximate surface area is 270 Å². The summed E-state index contributed by atoms with van der Waals surface area (Å²) in [6, 6.07) is 1.06. The molecule has 0 aliphatic carbocycles. The Balaban J connectivity index is 3.04. The van der Waals surface area contributed by atoms with E-state index in [0.29, 0.717) is 6.61 Å². The fourth-order valence-electron chi connectivity index (χ4n) is 6.20. The van der Waals surface area contributed by atoms with Gasteiger partial charge in [-0.1, -0.05) is 212 Å². The lowest BCUT2D eigenvalue weighted by Crippen LogP contribution is -2.11. The van der Waals surface area contributed by atoms with Crippen LogP contribution in [0.5, 0.6) is 0 Å². The molecule has 0 aromatic heterocycles. The molecule has 0 unspecified atom stereocenters. The van der Waals surface area contributed by atoms with Crippen LogP contribution in [0.15, 0.2) is 0 Å². The minimum absolute atomic E-state index is 0.372. The Hall–Kier alpha value is 0.757. The molecule has 0 fully saturated rings. The molecule has 41 heavy (non-hydrogen) atoms. The molecule has 1 N–H and O–H groups in total. The number of hydrogen-bond donors (Lipinski definition) is 1. The van der Waals surface area contributed by atoms with E-state index in [0.717, 1.165) is 12.5 Å². The predicted molar refractivity (Wildman–Crippen MR) is 192 cm³/mol. The highest BCUT2D eigenvalue weighted by molar-refractivity contribution is 7.44. The molecular weight excluding hydrogens is 559 g/mol. The number of halogens is 2. The molecule has 0 bridgehead atoms. The first kappa shape index (κ1) is 41.8. The van der Waals surface area contributed by atoms with Gasteiger partial charge in [-0.15, -0.1) is 22.2 Å². The highest BCUT2D eigenvalue weighted by Gasteiger charge is 2.19. The third-order valence-electron chi connectivity index (χ3n) is 9.02. The van der Waals surface area contributed by atoms with Crippen molar-refractivity contribution < 1.29 is 5.11 Å². The highest BCUT2D eigenvalue weighted by Crippen LogP contribution is 2.23. The summed E-state index contributed by atoms with van der Waals surface area (Å²) in [5.74, 6) is 0. The normalized spacial score (nSPS) is 12.0. The summed E-state index contributed by atoms with van der Waals surface area (Å²) in [6.45, 7) is 0.569. The number of unbranched alkanes of at least 4 members (excludes halogenated alkanes) is 33. The van der Waals surface area contributed by atoms with Crippen molar-refractivity contribution in [3.05, 3.63) is 0 Å². The summed E-state index contributed by atoms with van der Waals surface area (Å²) in [7, 11) is 0. The third-order valence-corrected chi connectivity index (χ3v) is 11.4. The van der Waals surface area contributed by atoms with Crippen LogP contribution in [0.25, 0.3) is 0 Å². The smallest absolute Gasteiger partial charge is 0.248 e. The molecule has 0 aromatic rings. The van der Waals surface area contributed by atoms with Crippen LogP contribution >= 0.6 is 22.2 Å². The lowest BCUT2D eigenvalue weighted by molar-refractivity contribution is 0.282. The first-order chi connectivity index (χ1) is 20.1. The summed E-state index contributed by atoms with van der Waals surface area (Å²) >= 11 is 12.3. The van der Waals surface area contributed by atoms with E-state index >= 15 is 0 Å². The van der Waals surface area contributed by atoms with Gasteiger partial charge in [-0.2, -0.15) is 0 Å². The molecule has 0 heterocycles. The van der Waals surface area contributed by atoms with Crippen LogP contribution in [0.4, 0.5) is 0 Å². The number of hydrogen-bond acceptors (Lipinski definition) is 1. The zero-order chi connectivity index (χ0) is 30.0. The van der Waals surface area contributed by atoms with Crippen LogP contribution in [0.1, 0.15) is 218 Å². The fraction of sp³-hybridized carbons (Fsp3) is 1.00. The van der Waals surface area contributed by atoms with Crippen LogP contribution in [0.3, 0.4) is 0 Å². The monoisotopic (exact) mass is 635 g/mol. The van der Waals surface area contributed by atoms with E-state index < -0.39 is 6.69 Å². The van der Waals surface area contributed by atoms with Crippen molar-refractivity contribution in [3.8, 4) is 0 Å². The Bertz CT molecular complexity index is 468. The predicted octanol–water partition coefficient (Wildman–Crippen LogP) is 14.8. The lowest BCUT2D eigenvalue weighted by atomic mass is 10.0. The van der Waals surface area contributed by atoms with Gasteiger partial charge in [-0.05, 0) is 19.0 Å². The van der Waals surface area contributed by atoms with E-state index in [1.54, 1.807) is 0 Å². The van der Waals surface area contributed by atoms with Gasteiger partial charge in [0.05, 0.1) is 0 Å². The van der Waals surface area contributed by atoms with Gasteiger partial charge in [-0.25, -0.2) is 0 Å². The van der Waals surface area contributed by atoms with Gasteiger partial charge in [0, 0.05) is 6.61 Å². The minimum Gasteiger partial charge on any atom is -0.396 e. The fourth-order valence-corrected chi connectivity index (χ4v) is 7.88. The van der Waals surface area contributed by atoms with Crippen LogP contribution in [-0.4, -0.2) is 18.4 Å². The summed E-state index contributed by atoms with van der Waals surface area (Å²) < 4.78 is 0. The van der Waals surface area contributed by atoms with Gasteiger partial charge >= 0.3 is 0 Å². The average Bonchev–Trinajstić information content (AvgIpc) is 2.94. The van der Waals surface area contributed by atoms with Gasteiger partial charge in [0.1, 0.15) is 0 Å². The molecule has 248 valence electrons. The highest BCUT2D eigenvalue weighted by atomic mass is 35.7. The van der Waals surface area contributed by atoms with E-state index in [2.05, 4.69) is 0 Å². The second-order valence-electron chi connectivity index (χ2n) is 13.6. The van der Waals surface area contributed by atoms with Crippen LogP contribution in [-0.2, 0) is 0 Å². The number of aliphatic hydroxyl groups excluding tert-OH is 1. The minimum atomic E-state index is -1.84. The zero-order valence-corrected chi connectivity index (χ0v) is 30.7. The molecule has 0 aliphatic heterocycles. The molecule has 4 heteroatoms. The first-order valence-electron chi connectivity index (χ1n) is 19.0. The Kier molecular flexibility index (Phi) is 35.9. The van der Waals surface area contributed by atoms with Crippen LogP contribution in [0.2, 0.25) is 12.6 Å². The van der Waals surface area contributed by atoms with Gasteiger partial charge in [0.2, 0.25) is 6.69 Å². The Morgan fingerprint density at radius 3 is 0.585 bits per heavy atom. The van der Waals surface area contributed by atoms with Crippen molar-refractivity contribution in [2.75, 3.05) is 6.61 Å². The van der Waals surface area contributed by atoms with Crippen molar-refractivity contribution in [2.45, 2.75) is 231 Å². The van der Waals surface area contributed by atoms with Gasteiger partial charge < -0.3 is 5.11 Å². The maximum absolute atomic E-state index is 8.79. The standard InChI is InChI=1S/C37H76Cl2OSi/c1-41(38,39)37-35-33-31-29-27-25-23-21-19-17-15-13-11-9-7-5-3-2-4-6-8-10-12-14-16-18-20-22-24-26-28-30-32-34-36-40/h40H,2-37H2,1H3. The molecule has 0 atom stereocenters. The van der Waals surface area contributed by atoms with Crippen molar-refractivity contribution in [1.82, 2.24) is 0 Å². The second kappa shape index (κ2) is 35.2. The molecule has 0 spiro atoms. The van der Waals surface area contributed by atoms with E-state index in [4.69, 9.17) is 27.3 Å². The molecule has 0 aromatic carbocycles. The van der Waals surface area contributed by atoms with Crippen LogP contribution < -0.4 is 0 Å². The molecule has 0 aliphatic rings. The van der Waals surface area contributed by atoms with E-state index in [1.807, 2.05) is 6.55 Å². The molecule has 0 amide bonds. The summed E-state index contributed by atoms with van der Waals surface area (Å²) in [6.07, 6.45) is 48.2. The van der Waals surface area contributed by atoms with E-state index in [1.165, 1.54) is 212 Å². The second-order valence-corrected chi connectivity index (χ2v) is 21.8. The molecule has 1 nitrogen and oxygen atoms in total.